The van der Waals surface area contributed by atoms with Gasteiger partial charge in [0.25, 0.3) is 5.91 Å². The molecule has 1 rings (SSSR count). The van der Waals surface area contributed by atoms with Crippen LogP contribution in [0.4, 0.5) is 0 Å². The first-order chi connectivity index (χ1) is 9.34. The maximum Gasteiger partial charge on any atom is 0.278 e. The van der Waals surface area contributed by atoms with E-state index in [9.17, 15) is 4.79 Å². The molecule has 0 aliphatic heterocycles. The Bertz CT molecular complexity index is 479. The van der Waals surface area contributed by atoms with E-state index in [4.69, 9.17) is 19.0 Å². The highest BCUT2D eigenvalue weighted by atomic mass is 16.7. The van der Waals surface area contributed by atoms with Crippen molar-refractivity contribution >= 4 is 5.91 Å². The first-order valence-electron chi connectivity index (χ1n) is 6.11. The molecule has 112 valence electrons. The number of ether oxygens (including phenoxy) is 3. The van der Waals surface area contributed by atoms with E-state index in [1.165, 1.54) is 21.3 Å². The summed E-state index contributed by atoms with van der Waals surface area (Å²) >= 11 is 0. The minimum atomic E-state index is -0.487. The smallest absolute Gasteiger partial charge is 0.278 e. The van der Waals surface area contributed by atoms with Crippen LogP contribution in [0.5, 0.6) is 17.2 Å². The average molecular weight is 283 g/mol. The lowest BCUT2D eigenvalue weighted by molar-refractivity contribution is -0.0590. The number of amides is 1. The molecule has 0 bridgehead atoms. The molecule has 0 saturated carbocycles. The van der Waals surface area contributed by atoms with E-state index in [1.54, 1.807) is 12.1 Å². The van der Waals surface area contributed by atoms with Gasteiger partial charge in [-0.3, -0.25) is 9.63 Å². The number of benzene rings is 1. The number of carbonyl (C=O) groups excluding carboxylic acids is 1. The van der Waals surface area contributed by atoms with Crippen molar-refractivity contribution in [2.24, 2.45) is 0 Å². The van der Waals surface area contributed by atoms with Gasteiger partial charge in [0.05, 0.1) is 32.5 Å². The fourth-order valence-electron chi connectivity index (χ4n) is 1.53. The zero-order valence-corrected chi connectivity index (χ0v) is 12.7. The predicted molar refractivity (Wildman–Crippen MR) is 74.4 cm³/mol. The zero-order valence-electron chi connectivity index (χ0n) is 12.7. The molecule has 0 aromatic heterocycles. The number of hydrogen-bond donors (Lipinski definition) is 1. The SMILES string of the molecule is COc1ccc(C(=O)NOC(C)(C)C)c(OC)c1OC. The van der Waals surface area contributed by atoms with Crippen molar-refractivity contribution in [1.82, 2.24) is 5.48 Å². The Kier molecular flexibility index (Phi) is 5.21. The maximum atomic E-state index is 12.1. The molecule has 0 heterocycles. The van der Waals surface area contributed by atoms with Crippen LogP contribution in [0.2, 0.25) is 0 Å². The molecule has 20 heavy (non-hydrogen) atoms. The van der Waals surface area contributed by atoms with E-state index >= 15 is 0 Å². The van der Waals surface area contributed by atoms with Gasteiger partial charge in [0.15, 0.2) is 11.5 Å². The normalized spacial score (nSPS) is 10.9. The van der Waals surface area contributed by atoms with Crippen molar-refractivity contribution in [3.63, 3.8) is 0 Å². The van der Waals surface area contributed by atoms with Gasteiger partial charge in [-0.05, 0) is 32.9 Å². The van der Waals surface area contributed by atoms with Crippen LogP contribution in [0.15, 0.2) is 12.1 Å². The third-order valence-electron chi connectivity index (χ3n) is 2.40. The van der Waals surface area contributed by atoms with Gasteiger partial charge < -0.3 is 14.2 Å². The molecule has 0 aliphatic rings. The third-order valence-corrected chi connectivity index (χ3v) is 2.40. The minimum Gasteiger partial charge on any atom is -0.493 e. The third kappa shape index (κ3) is 3.77. The maximum absolute atomic E-state index is 12.1. The number of hydrogen-bond acceptors (Lipinski definition) is 5. The number of methoxy groups -OCH3 is 3. The van der Waals surface area contributed by atoms with Gasteiger partial charge in [-0.25, -0.2) is 5.48 Å². The summed E-state index contributed by atoms with van der Waals surface area (Å²) in [6.07, 6.45) is 0. The number of carbonyl (C=O) groups is 1. The fourth-order valence-corrected chi connectivity index (χ4v) is 1.53. The molecule has 1 aromatic rings. The van der Waals surface area contributed by atoms with Crippen LogP contribution in [0.1, 0.15) is 31.1 Å². The molecule has 0 radical (unpaired) electrons. The van der Waals surface area contributed by atoms with Crippen molar-refractivity contribution in [3.8, 4) is 17.2 Å². The van der Waals surface area contributed by atoms with E-state index in [0.717, 1.165) is 0 Å². The molecule has 1 amide bonds. The van der Waals surface area contributed by atoms with Gasteiger partial charge in [0.1, 0.15) is 0 Å². The van der Waals surface area contributed by atoms with E-state index in [0.29, 0.717) is 22.8 Å². The summed E-state index contributed by atoms with van der Waals surface area (Å²) in [5, 5.41) is 0. The van der Waals surface area contributed by atoms with Crippen LogP contribution in [0.25, 0.3) is 0 Å². The number of hydroxylamine groups is 1. The second-order valence-electron chi connectivity index (χ2n) is 5.03. The van der Waals surface area contributed by atoms with Crippen LogP contribution in [-0.2, 0) is 4.84 Å². The fraction of sp³-hybridized carbons (Fsp3) is 0.500. The molecule has 1 N–H and O–H groups in total. The van der Waals surface area contributed by atoms with Gasteiger partial charge in [-0.1, -0.05) is 0 Å². The van der Waals surface area contributed by atoms with Crippen molar-refractivity contribution in [1.29, 1.82) is 0 Å². The Hall–Kier alpha value is -1.95. The average Bonchev–Trinajstić information content (AvgIpc) is 2.41. The Morgan fingerprint density at radius 3 is 2.05 bits per heavy atom. The highest BCUT2D eigenvalue weighted by Crippen LogP contribution is 2.39. The van der Waals surface area contributed by atoms with Gasteiger partial charge in [-0.15, -0.1) is 0 Å². The topological polar surface area (TPSA) is 66.0 Å². The Labute approximate surface area is 118 Å². The quantitative estimate of drug-likeness (QED) is 0.839. The predicted octanol–water partition coefficient (Wildman–Crippen LogP) is 2.17. The second-order valence-corrected chi connectivity index (χ2v) is 5.03. The van der Waals surface area contributed by atoms with Crippen molar-refractivity contribution in [2.75, 3.05) is 21.3 Å². The van der Waals surface area contributed by atoms with Crippen LogP contribution < -0.4 is 19.7 Å². The van der Waals surface area contributed by atoms with Crippen molar-refractivity contribution < 1.29 is 23.8 Å². The minimum absolute atomic E-state index is 0.293. The van der Waals surface area contributed by atoms with Crippen molar-refractivity contribution in [2.45, 2.75) is 26.4 Å². The van der Waals surface area contributed by atoms with Gasteiger partial charge in [-0.2, -0.15) is 0 Å². The molecular formula is C14H21NO5. The first-order valence-corrected chi connectivity index (χ1v) is 6.11. The first kappa shape index (κ1) is 16.1. The second kappa shape index (κ2) is 6.47. The Morgan fingerprint density at radius 2 is 1.60 bits per heavy atom. The van der Waals surface area contributed by atoms with Crippen LogP contribution in [0, 0.1) is 0 Å². The summed E-state index contributed by atoms with van der Waals surface area (Å²) in [7, 11) is 4.45. The lowest BCUT2D eigenvalue weighted by Gasteiger charge is -2.20. The Morgan fingerprint density at radius 1 is 1.00 bits per heavy atom. The van der Waals surface area contributed by atoms with E-state index in [1.807, 2.05) is 20.8 Å². The molecular weight excluding hydrogens is 262 g/mol. The number of rotatable bonds is 5. The van der Waals surface area contributed by atoms with Gasteiger partial charge in [0, 0.05) is 0 Å². The summed E-state index contributed by atoms with van der Waals surface area (Å²) in [6.45, 7) is 5.50. The largest absolute Gasteiger partial charge is 0.493 e. The zero-order chi connectivity index (χ0) is 15.3. The van der Waals surface area contributed by atoms with Crippen LogP contribution in [-0.4, -0.2) is 32.8 Å². The Balaban J connectivity index is 3.09. The molecule has 0 atom stereocenters. The highest BCUT2D eigenvalue weighted by Gasteiger charge is 2.22. The van der Waals surface area contributed by atoms with E-state index in [2.05, 4.69) is 5.48 Å². The van der Waals surface area contributed by atoms with Crippen LogP contribution >= 0.6 is 0 Å². The van der Waals surface area contributed by atoms with Gasteiger partial charge in [0.2, 0.25) is 5.75 Å². The molecule has 0 saturated heterocycles. The summed E-state index contributed by atoms with van der Waals surface area (Å²) < 4.78 is 15.6. The summed E-state index contributed by atoms with van der Waals surface area (Å²) in [5.41, 5.74) is 2.20. The van der Waals surface area contributed by atoms with Crippen molar-refractivity contribution in [3.05, 3.63) is 17.7 Å². The highest BCUT2D eigenvalue weighted by molar-refractivity contribution is 5.97. The van der Waals surface area contributed by atoms with Crippen LogP contribution in [0.3, 0.4) is 0 Å². The molecule has 6 nitrogen and oxygen atoms in total. The molecule has 1 aromatic carbocycles. The monoisotopic (exact) mass is 283 g/mol. The van der Waals surface area contributed by atoms with E-state index < -0.39 is 11.5 Å². The molecule has 0 aliphatic carbocycles. The summed E-state index contributed by atoms with van der Waals surface area (Å²) in [5.74, 6) is 0.718. The lowest BCUT2D eigenvalue weighted by atomic mass is 10.1. The summed E-state index contributed by atoms with van der Waals surface area (Å²) in [4.78, 5) is 17.4. The van der Waals surface area contributed by atoms with E-state index in [-0.39, 0.29) is 0 Å². The van der Waals surface area contributed by atoms with Gasteiger partial charge >= 0.3 is 0 Å². The summed E-state index contributed by atoms with van der Waals surface area (Å²) in [6, 6.07) is 3.22. The molecule has 0 unspecified atom stereocenters. The molecule has 0 fully saturated rings. The lowest BCUT2D eigenvalue weighted by Crippen LogP contribution is -2.33. The standard InChI is InChI=1S/C14H21NO5/c1-14(2,3)20-15-13(16)9-7-8-10(17-4)12(19-6)11(9)18-5/h7-8H,1-6H3,(H,15,16). The molecule has 6 heteroatoms. The molecule has 0 spiro atoms. The number of nitrogens with one attached hydrogen (secondary N) is 1.